The van der Waals surface area contributed by atoms with Crippen molar-refractivity contribution >= 4 is 27.3 Å². The van der Waals surface area contributed by atoms with Gasteiger partial charge in [-0.3, -0.25) is 9.78 Å². The summed E-state index contributed by atoms with van der Waals surface area (Å²) < 4.78 is 32.2. The van der Waals surface area contributed by atoms with Gasteiger partial charge in [0.05, 0.1) is 12.5 Å². The lowest BCUT2D eigenvalue weighted by Gasteiger charge is -2.29. The molecule has 0 radical (unpaired) electrons. The Labute approximate surface area is 164 Å². The van der Waals surface area contributed by atoms with Crippen LogP contribution in [0, 0.1) is 12.8 Å². The number of pyridine rings is 1. The molecule has 2 aromatic rings. The number of carbonyl (C=O) groups excluding carboxylic acids is 1. The number of piperidine rings is 1. The first-order valence-electron chi connectivity index (χ1n) is 9.09. The van der Waals surface area contributed by atoms with Crippen molar-refractivity contribution in [2.45, 2.75) is 36.8 Å². The zero-order valence-corrected chi connectivity index (χ0v) is 17.0. The van der Waals surface area contributed by atoms with Crippen LogP contribution in [0.15, 0.2) is 39.9 Å². The van der Waals surface area contributed by atoms with Crippen LogP contribution < -0.4 is 0 Å². The Morgan fingerprint density at radius 2 is 2.04 bits per heavy atom. The summed E-state index contributed by atoms with van der Waals surface area (Å²) in [7, 11) is -3.43. The number of esters is 1. The molecule has 8 heteroatoms. The molecule has 1 saturated heterocycles. The largest absolute Gasteiger partial charge is 0.465 e. The average molecular weight is 409 g/mol. The van der Waals surface area contributed by atoms with Crippen molar-refractivity contribution in [1.82, 2.24) is 9.29 Å². The zero-order chi connectivity index (χ0) is 19.3. The molecule has 0 N–H and O–H groups in total. The molecule has 146 valence electrons. The fourth-order valence-electron chi connectivity index (χ4n) is 3.15. The van der Waals surface area contributed by atoms with Gasteiger partial charge in [-0.25, -0.2) is 8.42 Å². The SMILES string of the molecule is Cc1cccc(CCCOC(=O)C2CCN(S(=O)(=O)c3cccs3)CC2)n1. The Hall–Kier alpha value is -1.77. The highest BCUT2D eigenvalue weighted by molar-refractivity contribution is 7.91. The number of aryl methyl sites for hydroxylation is 2. The second kappa shape index (κ2) is 8.95. The Morgan fingerprint density at radius 1 is 1.26 bits per heavy atom. The van der Waals surface area contributed by atoms with Gasteiger partial charge in [0.2, 0.25) is 0 Å². The van der Waals surface area contributed by atoms with Gasteiger partial charge >= 0.3 is 5.97 Å². The van der Waals surface area contributed by atoms with Gasteiger partial charge in [0.1, 0.15) is 4.21 Å². The predicted octanol–water partition coefficient (Wildman–Crippen LogP) is 3.03. The summed E-state index contributed by atoms with van der Waals surface area (Å²) in [6, 6.07) is 9.24. The normalized spacial score (nSPS) is 16.3. The number of ether oxygens (including phenoxy) is 1. The highest BCUT2D eigenvalue weighted by Crippen LogP contribution is 2.26. The molecule has 27 heavy (non-hydrogen) atoms. The first-order valence-corrected chi connectivity index (χ1v) is 11.4. The highest BCUT2D eigenvalue weighted by Gasteiger charge is 2.33. The van der Waals surface area contributed by atoms with E-state index in [1.54, 1.807) is 17.5 Å². The summed E-state index contributed by atoms with van der Waals surface area (Å²) >= 11 is 1.22. The van der Waals surface area contributed by atoms with Crippen LogP contribution in [0.1, 0.15) is 30.7 Å². The van der Waals surface area contributed by atoms with Crippen molar-refractivity contribution in [2.24, 2.45) is 5.92 Å². The zero-order valence-electron chi connectivity index (χ0n) is 15.3. The summed E-state index contributed by atoms with van der Waals surface area (Å²) in [5.74, 6) is -0.447. The van der Waals surface area contributed by atoms with Crippen LogP contribution >= 0.6 is 11.3 Å². The number of thiophene rings is 1. The molecule has 6 nitrogen and oxygen atoms in total. The lowest BCUT2D eigenvalue weighted by molar-refractivity contribution is -0.149. The summed E-state index contributed by atoms with van der Waals surface area (Å²) in [4.78, 5) is 16.7. The van der Waals surface area contributed by atoms with E-state index in [0.29, 0.717) is 36.7 Å². The summed E-state index contributed by atoms with van der Waals surface area (Å²) in [5, 5.41) is 1.75. The first-order chi connectivity index (χ1) is 13.0. The molecule has 0 bridgehead atoms. The van der Waals surface area contributed by atoms with Crippen LogP contribution in [0.5, 0.6) is 0 Å². The molecular weight excluding hydrogens is 384 g/mol. The lowest BCUT2D eigenvalue weighted by atomic mass is 9.98. The average Bonchev–Trinajstić information content (AvgIpc) is 3.21. The molecule has 0 unspecified atom stereocenters. The minimum atomic E-state index is -3.43. The van der Waals surface area contributed by atoms with Crippen LogP contribution in [-0.2, 0) is 26.0 Å². The maximum atomic E-state index is 12.5. The predicted molar refractivity (Wildman–Crippen MR) is 104 cm³/mol. The number of aromatic nitrogens is 1. The highest BCUT2D eigenvalue weighted by atomic mass is 32.2. The number of sulfonamides is 1. The molecule has 0 atom stereocenters. The van der Waals surface area contributed by atoms with Crippen molar-refractivity contribution in [1.29, 1.82) is 0 Å². The van der Waals surface area contributed by atoms with E-state index in [-0.39, 0.29) is 11.9 Å². The quantitative estimate of drug-likeness (QED) is 0.520. The van der Waals surface area contributed by atoms with Gasteiger partial charge < -0.3 is 4.74 Å². The number of hydrogen-bond donors (Lipinski definition) is 0. The molecule has 0 aliphatic carbocycles. The molecule has 3 heterocycles. The standard InChI is InChI=1S/C19H24N2O4S2/c1-15-5-2-6-17(20-15)7-3-13-25-19(22)16-9-11-21(12-10-16)27(23,24)18-8-4-14-26-18/h2,4-6,8,14,16H,3,7,9-13H2,1H3. The Morgan fingerprint density at radius 3 is 2.70 bits per heavy atom. The third-order valence-electron chi connectivity index (χ3n) is 4.64. The molecule has 0 spiro atoms. The summed E-state index contributed by atoms with van der Waals surface area (Å²) in [6.45, 7) is 3.02. The topological polar surface area (TPSA) is 76.6 Å². The van der Waals surface area contributed by atoms with Crippen molar-refractivity contribution < 1.29 is 17.9 Å². The van der Waals surface area contributed by atoms with Crippen molar-refractivity contribution in [3.8, 4) is 0 Å². The molecule has 1 aliphatic heterocycles. The van der Waals surface area contributed by atoms with Crippen LogP contribution in [0.25, 0.3) is 0 Å². The van der Waals surface area contributed by atoms with Gasteiger partial charge in [-0.15, -0.1) is 11.3 Å². The van der Waals surface area contributed by atoms with Gasteiger partial charge in [0.25, 0.3) is 10.0 Å². The summed E-state index contributed by atoms with van der Waals surface area (Å²) in [5.41, 5.74) is 1.98. The van der Waals surface area contributed by atoms with E-state index in [9.17, 15) is 13.2 Å². The van der Waals surface area contributed by atoms with E-state index in [1.165, 1.54) is 15.6 Å². The van der Waals surface area contributed by atoms with E-state index >= 15 is 0 Å². The smallest absolute Gasteiger partial charge is 0.309 e. The van der Waals surface area contributed by atoms with Gasteiger partial charge in [0.15, 0.2) is 0 Å². The van der Waals surface area contributed by atoms with Crippen LogP contribution in [-0.4, -0.2) is 43.4 Å². The molecule has 0 saturated carbocycles. The monoisotopic (exact) mass is 408 g/mol. The lowest BCUT2D eigenvalue weighted by Crippen LogP contribution is -2.40. The van der Waals surface area contributed by atoms with Crippen molar-refractivity contribution in [3.63, 3.8) is 0 Å². The van der Waals surface area contributed by atoms with E-state index < -0.39 is 10.0 Å². The van der Waals surface area contributed by atoms with Gasteiger partial charge in [-0.2, -0.15) is 4.31 Å². The molecular formula is C19H24N2O4S2. The van der Waals surface area contributed by atoms with Gasteiger partial charge in [-0.1, -0.05) is 12.1 Å². The van der Waals surface area contributed by atoms with Crippen LogP contribution in [0.4, 0.5) is 0 Å². The number of nitrogens with zero attached hydrogens (tertiary/aromatic N) is 2. The number of hydrogen-bond acceptors (Lipinski definition) is 6. The third kappa shape index (κ3) is 5.15. The number of carbonyl (C=O) groups is 1. The molecule has 3 rings (SSSR count). The van der Waals surface area contributed by atoms with Gasteiger partial charge in [-0.05, 0) is 56.2 Å². The molecule has 1 aliphatic rings. The molecule has 0 aromatic carbocycles. The minimum Gasteiger partial charge on any atom is -0.465 e. The Balaban J connectivity index is 1.41. The van der Waals surface area contributed by atoms with Crippen molar-refractivity contribution in [2.75, 3.05) is 19.7 Å². The van der Waals surface area contributed by atoms with E-state index in [0.717, 1.165) is 24.2 Å². The number of rotatable bonds is 7. The Bertz CT molecular complexity index is 858. The minimum absolute atomic E-state index is 0.222. The van der Waals surface area contributed by atoms with Gasteiger partial charge in [0, 0.05) is 24.5 Å². The summed E-state index contributed by atoms with van der Waals surface area (Å²) in [6.07, 6.45) is 2.51. The maximum Gasteiger partial charge on any atom is 0.309 e. The fraction of sp³-hybridized carbons (Fsp3) is 0.474. The van der Waals surface area contributed by atoms with Crippen LogP contribution in [0.2, 0.25) is 0 Å². The Kier molecular flexibility index (Phi) is 6.62. The van der Waals surface area contributed by atoms with E-state index in [2.05, 4.69) is 4.98 Å². The first kappa shape index (κ1) is 20.0. The molecule has 2 aromatic heterocycles. The van der Waals surface area contributed by atoms with E-state index in [1.807, 2.05) is 25.1 Å². The second-order valence-electron chi connectivity index (χ2n) is 6.65. The molecule has 0 amide bonds. The maximum absolute atomic E-state index is 12.5. The molecule has 1 fully saturated rings. The fourth-order valence-corrected chi connectivity index (χ4v) is 5.77. The van der Waals surface area contributed by atoms with Crippen LogP contribution in [0.3, 0.4) is 0 Å². The third-order valence-corrected chi connectivity index (χ3v) is 7.92. The van der Waals surface area contributed by atoms with E-state index in [4.69, 9.17) is 4.74 Å². The second-order valence-corrected chi connectivity index (χ2v) is 9.76. The van der Waals surface area contributed by atoms with Crippen molar-refractivity contribution in [3.05, 3.63) is 47.1 Å².